The number of likely N-dealkylation sites (tertiary alicyclic amines) is 1. The van der Waals surface area contributed by atoms with Gasteiger partial charge in [0.15, 0.2) is 0 Å². The largest absolute Gasteiger partial charge is 0.493 e. The van der Waals surface area contributed by atoms with Gasteiger partial charge in [-0.05, 0) is 45.2 Å². The summed E-state index contributed by atoms with van der Waals surface area (Å²) < 4.78 is 6.07. The normalized spacial score (nSPS) is 20.7. The fourth-order valence-corrected chi connectivity index (χ4v) is 3.80. The number of likely N-dealkylation sites (N-methyl/N-ethyl adjacent to an activating group) is 1. The molecule has 1 aliphatic heterocycles. The van der Waals surface area contributed by atoms with E-state index in [4.69, 9.17) is 4.74 Å². The van der Waals surface area contributed by atoms with Crippen LogP contribution in [0.1, 0.15) is 53.0 Å². The molecule has 3 unspecified atom stereocenters. The molecule has 0 bridgehead atoms. The summed E-state index contributed by atoms with van der Waals surface area (Å²) in [6.07, 6.45) is 1.75. The lowest BCUT2D eigenvalue weighted by Gasteiger charge is -2.41. The number of nitrogens with zero attached hydrogens (tertiary/aromatic N) is 1. The van der Waals surface area contributed by atoms with E-state index in [1.54, 1.807) is 0 Å². The number of amides is 2. The van der Waals surface area contributed by atoms with Gasteiger partial charge in [-0.1, -0.05) is 39.0 Å². The first-order chi connectivity index (χ1) is 13.5. The number of hydrogen-bond acceptors (Lipinski definition) is 4. The second-order valence-corrected chi connectivity index (χ2v) is 9.69. The third-order valence-corrected chi connectivity index (χ3v) is 5.48. The van der Waals surface area contributed by atoms with Crippen LogP contribution in [-0.2, 0) is 5.60 Å². The lowest BCUT2D eigenvalue weighted by molar-refractivity contribution is -0.0336. The van der Waals surface area contributed by atoms with Crippen LogP contribution in [0.5, 0.6) is 5.75 Å². The van der Waals surface area contributed by atoms with E-state index in [2.05, 4.69) is 31.4 Å². The highest BCUT2D eigenvalue weighted by atomic mass is 16.5. The summed E-state index contributed by atoms with van der Waals surface area (Å²) in [6.45, 7) is 12.7. The Labute approximate surface area is 176 Å². The predicted molar refractivity (Wildman–Crippen MR) is 117 cm³/mol. The molecule has 6 nitrogen and oxygen atoms in total. The van der Waals surface area contributed by atoms with Gasteiger partial charge in [0, 0.05) is 37.2 Å². The Morgan fingerprint density at radius 1 is 1.31 bits per heavy atom. The van der Waals surface area contributed by atoms with Gasteiger partial charge in [-0.25, -0.2) is 4.79 Å². The second-order valence-electron chi connectivity index (χ2n) is 9.69. The van der Waals surface area contributed by atoms with Gasteiger partial charge in [-0.3, -0.25) is 0 Å². The van der Waals surface area contributed by atoms with Crippen molar-refractivity contribution in [3.05, 3.63) is 29.8 Å². The Morgan fingerprint density at radius 3 is 2.66 bits per heavy atom. The molecule has 0 radical (unpaired) electrons. The minimum absolute atomic E-state index is 0.0305. The molecule has 1 aromatic rings. The smallest absolute Gasteiger partial charge is 0.317 e. The lowest BCUT2D eigenvalue weighted by atomic mass is 9.78. The number of carbonyl (C=O) groups is 1. The number of para-hydroxylation sites is 1. The van der Waals surface area contributed by atoms with Crippen molar-refractivity contribution in [3.63, 3.8) is 0 Å². The third kappa shape index (κ3) is 6.61. The van der Waals surface area contributed by atoms with Gasteiger partial charge in [0.05, 0.1) is 12.2 Å². The van der Waals surface area contributed by atoms with Crippen molar-refractivity contribution >= 4 is 6.03 Å². The monoisotopic (exact) mass is 405 g/mol. The first-order valence-corrected chi connectivity index (χ1v) is 10.7. The second kappa shape index (κ2) is 9.81. The highest BCUT2D eigenvalue weighted by Crippen LogP contribution is 2.40. The molecule has 3 atom stereocenters. The molecular weight excluding hydrogens is 366 g/mol. The number of urea groups is 1. The molecular formula is C23H39N3O3. The maximum absolute atomic E-state index is 12.7. The Kier molecular flexibility index (Phi) is 7.94. The number of nitrogens with one attached hydrogen (secondary N) is 2. The fourth-order valence-electron chi connectivity index (χ4n) is 3.80. The molecule has 1 saturated heterocycles. The predicted octanol–water partition coefficient (Wildman–Crippen LogP) is 3.35. The number of rotatable bonds is 7. The van der Waals surface area contributed by atoms with Gasteiger partial charge < -0.3 is 25.4 Å². The van der Waals surface area contributed by atoms with Gasteiger partial charge in [-0.2, -0.15) is 0 Å². The van der Waals surface area contributed by atoms with Crippen LogP contribution in [0, 0.1) is 11.3 Å². The zero-order valence-corrected chi connectivity index (χ0v) is 18.9. The number of piperidine rings is 1. The number of ether oxygens (including phenoxy) is 1. The van der Waals surface area contributed by atoms with Crippen LogP contribution in [-0.4, -0.2) is 55.4 Å². The molecule has 0 spiro atoms. The number of carbonyl (C=O) groups excluding carboxylic acids is 1. The van der Waals surface area contributed by atoms with E-state index >= 15 is 0 Å². The molecule has 3 N–H and O–H groups in total. The van der Waals surface area contributed by atoms with Crippen LogP contribution in [0.25, 0.3) is 0 Å². The number of aliphatic hydroxyl groups is 1. The van der Waals surface area contributed by atoms with E-state index in [0.29, 0.717) is 19.7 Å². The Bertz CT molecular complexity index is 670. The minimum atomic E-state index is -1.08. The molecule has 0 aromatic heterocycles. The molecule has 0 saturated carbocycles. The summed E-state index contributed by atoms with van der Waals surface area (Å²) in [6, 6.07) is 7.71. The Balaban J connectivity index is 2.13. The SMILES string of the molecule is CNCC(C)NC(=O)N1CCCC(C(C)(O)c2ccccc2OCC(C)(C)C)C1. The summed E-state index contributed by atoms with van der Waals surface area (Å²) in [5.74, 6) is 0.664. The summed E-state index contributed by atoms with van der Waals surface area (Å²) in [4.78, 5) is 14.5. The molecule has 6 heteroatoms. The summed E-state index contributed by atoms with van der Waals surface area (Å²) >= 11 is 0. The zero-order chi connectivity index (χ0) is 21.7. The molecule has 1 aromatic carbocycles. The van der Waals surface area contributed by atoms with E-state index in [1.165, 1.54) is 0 Å². The topological polar surface area (TPSA) is 73.8 Å². The first-order valence-electron chi connectivity index (χ1n) is 10.7. The van der Waals surface area contributed by atoms with Crippen molar-refractivity contribution < 1.29 is 14.6 Å². The highest BCUT2D eigenvalue weighted by molar-refractivity contribution is 5.74. The van der Waals surface area contributed by atoms with Crippen molar-refractivity contribution in [2.24, 2.45) is 11.3 Å². The van der Waals surface area contributed by atoms with Crippen LogP contribution in [0.4, 0.5) is 4.79 Å². The van der Waals surface area contributed by atoms with Crippen LogP contribution >= 0.6 is 0 Å². The maximum Gasteiger partial charge on any atom is 0.317 e. The van der Waals surface area contributed by atoms with Crippen molar-refractivity contribution in [3.8, 4) is 5.75 Å². The maximum atomic E-state index is 12.7. The molecule has 164 valence electrons. The minimum Gasteiger partial charge on any atom is -0.493 e. The van der Waals surface area contributed by atoms with Crippen molar-refractivity contribution in [1.82, 2.24) is 15.5 Å². The quantitative estimate of drug-likeness (QED) is 0.650. The van der Waals surface area contributed by atoms with Crippen LogP contribution in [0.15, 0.2) is 24.3 Å². The van der Waals surface area contributed by atoms with Gasteiger partial charge >= 0.3 is 6.03 Å². The standard InChI is InChI=1S/C23H39N3O3/c1-17(14-24-6)25-21(27)26-13-9-10-18(15-26)23(5,28)19-11-7-8-12-20(19)29-16-22(2,3)4/h7-8,11-12,17-18,24,28H,9-10,13-16H2,1-6H3,(H,25,27). The molecule has 1 fully saturated rings. The first kappa shape index (κ1) is 23.5. The average Bonchev–Trinajstić information content (AvgIpc) is 2.66. The summed E-state index contributed by atoms with van der Waals surface area (Å²) in [5.41, 5.74) is -0.257. The Morgan fingerprint density at radius 2 is 2.00 bits per heavy atom. The molecule has 1 aliphatic rings. The average molecular weight is 406 g/mol. The number of hydrogen-bond donors (Lipinski definition) is 3. The third-order valence-electron chi connectivity index (χ3n) is 5.48. The lowest BCUT2D eigenvalue weighted by Crippen LogP contribution is -2.52. The summed E-state index contributed by atoms with van der Waals surface area (Å²) in [7, 11) is 1.87. The van der Waals surface area contributed by atoms with Gasteiger partial charge in [-0.15, -0.1) is 0 Å². The van der Waals surface area contributed by atoms with Gasteiger partial charge in [0.1, 0.15) is 5.75 Å². The van der Waals surface area contributed by atoms with E-state index in [9.17, 15) is 9.90 Å². The Hall–Kier alpha value is -1.79. The molecule has 2 amide bonds. The van der Waals surface area contributed by atoms with Crippen LogP contribution in [0.3, 0.4) is 0 Å². The van der Waals surface area contributed by atoms with Gasteiger partial charge in [0.25, 0.3) is 0 Å². The molecule has 0 aliphatic carbocycles. The van der Waals surface area contributed by atoms with E-state index < -0.39 is 5.60 Å². The number of benzene rings is 1. The molecule has 2 rings (SSSR count). The zero-order valence-electron chi connectivity index (χ0n) is 18.9. The highest BCUT2D eigenvalue weighted by Gasteiger charge is 2.39. The van der Waals surface area contributed by atoms with Crippen molar-refractivity contribution in [1.29, 1.82) is 0 Å². The van der Waals surface area contributed by atoms with Crippen molar-refractivity contribution in [2.75, 3.05) is 33.3 Å². The van der Waals surface area contributed by atoms with Gasteiger partial charge in [0.2, 0.25) is 0 Å². The van der Waals surface area contributed by atoms with Crippen LogP contribution < -0.4 is 15.4 Å². The molecule has 29 heavy (non-hydrogen) atoms. The van der Waals surface area contributed by atoms with E-state index in [0.717, 1.165) is 30.7 Å². The van der Waals surface area contributed by atoms with Crippen LogP contribution in [0.2, 0.25) is 0 Å². The van der Waals surface area contributed by atoms with E-state index in [1.807, 2.05) is 50.1 Å². The van der Waals surface area contributed by atoms with Crippen molar-refractivity contribution in [2.45, 2.75) is 59.1 Å². The van der Waals surface area contributed by atoms with E-state index in [-0.39, 0.29) is 23.4 Å². The summed E-state index contributed by atoms with van der Waals surface area (Å²) in [5, 5.41) is 17.6. The molecule has 1 heterocycles. The fraction of sp³-hybridized carbons (Fsp3) is 0.696.